The number of hydrogen-bond donors (Lipinski definition) is 1. The Morgan fingerprint density at radius 2 is 1.97 bits per heavy atom. The van der Waals surface area contributed by atoms with Crippen LogP contribution < -0.4 is 19.5 Å². The Morgan fingerprint density at radius 1 is 1.13 bits per heavy atom. The Hall–Kier alpha value is -3.25. The molecule has 30 heavy (non-hydrogen) atoms. The lowest BCUT2D eigenvalue weighted by Gasteiger charge is -2.17. The number of anilines is 1. The predicted molar refractivity (Wildman–Crippen MR) is 116 cm³/mol. The molecule has 0 fully saturated rings. The minimum Gasteiger partial charge on any atom is -0.493 e. The maximum absolute atomic E-state index is 12.6. The Morgan fingerprint density at radius 3 is 2.70 bits per heavy atom. The second-order valence-electron chi connectivity index (χ2n) is 6.70. The van der Waals surface area contributed by atoms with E-state index in [4.69, 9.17) is 25.8 Å². The third kappa shape index (κ3) is 5.64. The van der Waals surface area contributed by atoms with E-state index in [0.29, 0.717) is 34.6 Å². The molecule has 0 saturated carbocycles. The number of benzene rings is 2. The van der Waals surface area contributed by atoms with Crippen molar-refractivity contribution in [3.63, 3.8) is 0 Å². The third-order valence-electron chi connectivity index (χ3n) is 4.31. The number of rotatable bonds is 8. The maximum Gasteiger partial charge on any atom is 0.265 e. The van der Waals surface area contributed by atoms with Gasteiger partial charge >= 0.3 is 0 Å². The molecule has 0 aliphatic rings. The van der Waals surface area contributed by atoms with Gasteiger partial charge in [-0.1, -0.05) is 23.7 Å². The normalized spacial score (nSPS) is 11.5. The highest BCUT2D eigenvalue weighted by atomic mass is 35.5. The molecule has 7 heteroatoms. The number of methoxy groups -OCH3 is 1. The van der Waals surface area contributed by atoms with E-state index in [9.17, 15) is 4.79 Å². The first-order valence-electron chi connectivity index (χ1n) is 9.39. The summed E-state index contributed by atoms with van der Waals surface area (Å²) >= 11 is 6.15. The lowest BCUT2D eigenvalue weighted by molar-refractivity contribution is -0.122. The van der Waals surface area contributed by atoms with Gasteiger partial charge in [-0.3, -0.25) is 9.78 Å². The van der Waals surface area contributed by atoms with Crippen molar-refractivity contribution in [1.29, 1.82) is 0 Å². The van der Waals surface area contributed by atoms with Gasteiger partial charge in [0.05, 0.1) is 12.1 Å². The summed E-state index contributed by atoms with van der Waals surface area (Å²) in [5.41, 5.74) is 2.48. The number of nitrogens with one attached hydrogen (secondary N) is 1. The summed E-state index contributed by atoms with van der Waals surface area (Å²) in [6.45, 7) is 3.92. The van der Waals surface area contributed by atoms with Gasteiger partial charge in [-0.05, 0) is 49.7 Å². The van der Waals surface area contributed by atoms with Crippen LogP contribution in [0.15, 0.2) is 60.9 Å². The van der Waals surface area contributed by atoms with Crippen molar-refractivity contribution in [2.24, 2.45) is 0 Å². The van der Waals surface area contributed by atoms with Gasteiger partial charge in [0, 0.05) is 29.7 Å². The molecule has 0 aliphatic heterocycles. The summed E-state index contributed by atoms with van der Waals surface area (Å²) in [6.07, 6.45) is 2.69. The largest absolute Gasteiger partial charge is 0.493 e. The second kappa shape index (κ2) is 9.98. The molecule has 0 saturated heterocycles. The molecule has 0 aliphatic carbocycles. The van der Waals surface area contributed by atoms with Crippen molar-refractivity contribution < 1.29 is 19.0 Å². The summed E-state index contributed by atoms with van der Waals surface area (Å²) in [5, 5.41) is 3.29. The third-order valence-corrected chi connectivity index (χ3v) is 4.62. The molecule has 1 amide bonds. The number of ether oxygens (including phenoxy) is 3. The van der Waals surface area contributed by atoms with Gasteiger partial charge in [0.1, 0.15) is 12.4 Å². The monoisotopic (exact) mass is 426 g/mol. The Kier molecular flexibility index (Phi) is 7.14. The van der Waals surface area contributed by atoms with Gasteiger partial charge in [0.25, 0.3) is 5.91 Å². The van der Waals surface area contributed by atoms with E-state index in [1.54, 1.807) is 56.8 Å². The highest BCUT2D eigenvalue weighted by molar-refractivity contribution is 6.32. The average molecular weight is 427 g/mol. The zero-order valence-corrected chi connectivity index (χ0v) is 17.8. The number of carbonyl (C=O) groups is 1. The predicted octanol–water partition coefficient (Wildman–Crippen LogP) is 5.04. The second-order valence-corrected chi connectivity index (χ2v) is 7.11. The zero-order chi connectivity index (χ0) is 21.5. The molecule has 0 bridgehead atoms. The van der Waals surface area contributed by atoms with Crippen molar-refractivity contribution in [3.8, 4) is 17.2 Å². The first kappa shape index (κ1) is 21.5. The average Bonchev–Trinajstić information content (AvgIpc) is 2.75. The smallest absolute Gasteiger partial charge is 0.265 e. The Balaban J connectivity index is 1.67. The van der Waals surface area contributed by atoms with E-state index in [1.807, 2.05) is 25.1 Å². The molecule has 2 aromatic carbocycles. The Bertz CT molecular complexity index is 1010. The highest BCUT2D eigenvalue weighted by Gasteiger charge is 2.17. The van der Waals surface area contributed by atoms with E-state index in [-0.39, 0.29) is 5.91 Å². The fraction of sp³-hybridized carbons (Fsp3) is 0.217. The molecular formula is C23H23ClN2O4. The van der Waals surface area contributed by atoms with Gasteiger partial charge < -0.3 is 19.5 Å². The lowest BCUT2D eigenvalue weighted by atomic mass is 10.2. The van der Waals surface area contributed by atoms with E-state index >= 15 is 0 Å². The number of aryl methyl sites for hydroxylation is 1. The quantitative estimate of drug-likeness (QED) is 0.546. The van der Waals surface area contributed by atoms with Gasteiger partial charge in [-0.25, -0.2) is 0 Å². The number of amides is 1. The van der Waals surface area contributed by atoms with Crippen LogP contribution in [0.3, 0.4) is 0 Å². The number of aromatic nitrogens is 1. The van der Waals surface area contributed by atoms with Gasteiger partial charge in [-0.2, -0.15) is 0 Å². The van der Waals surface area contributed by atoms with E-state index < -0.39 is 6.10 Å². The topological polar surface area (TPSA) is 69.7 Å². The van der Waals surface area contributed by atoms with Crippen LogP contribution in [0.25, 0.3) is 0 Å². The summed E-state index contributed by atoms with van der Waals surface area (Å²) in [5.74, 6) is 1.23. The van der Waals surface area contributed by atoms with Crippen LogP contribution in [0.2, 0.25) is 5.02 Å². The molecule has 156 valence electrons. The van der Waals surface area contributed by atoms with Crippen LogP contribution in [-0.2, 0) is 11.4 Å². The lowest BCUT2D eigenvalue weighted by Crippen LogP contribution is -2.30. The van der Waals surface area contributed by atoms with Crippen molar-refractivity contribution in [3.05, 3.63) is 77.1 Å². The summed E-state index contributed by atoms with van der Waals surface area (Å²) < 4.78 is 16.9. The summed E-state index contributed by atoms with van der Waals surface area (Å²) in [4.78, 5) is 16.7. The number of halogens is 1. The van der Waals surface area contributed by atoms with Crippen LogP contribution in [-0.4, -0.2) is 24.1 Å². The summed E-state index contributed by atoms with van der Waals surface area (Å²) in [6, 6.07) is 14.4. The van der Waals surface area contributed by atoms with Crippen molar-refractivity contribution in [2.45, 2.75) is 26.6 Å². The standard InChI is InChI=1S/C23H23ClN2O4/c1-15-6-8-19(24)21(11-15)30-16(2)23(27)26-18-7-9-20(28-3)22(12-18)29-14-17-5-4-10-25-13-17/h4-13,16H,14H2,1-3H3,(H,26,27). The minimum atomic E-state index is -0.744. The number of pyridine rings is 1. The molecule has 3 aromatic rings. The fourth-order valence-electron chi connectivity index (χ4n) is 2.70. The molecule has 1 atom stereocenters. The van der Waals surface area contributed by atoms with Crippen LogP contribution in [0.1, 0.15) is 18.1 Å². The van der Waals surface area contributed by atoms with E-state index in [0.717, 1.165) is 11.1 Å². The number of carbonyl (C=O) groups excluding carboxylic acids is 1. The van der Waals surface area contributed by atoms with Crippen molar-refractivity contribution in [1.82, 2.24) is 4.98 Å². The number of hydrogen-bond acceptors (Lipinski definition) is 5. The molecule has 1 aromatic heterocycles. The zero-order valence-electron chi connectivity index (χ0n) is 17.0. The molecular weight excluding hydrogens is 404 g/mol. The first-order valence-corrected chi connectivity index (χ1v) is 9.77. The minimum absolute atomic E-state index is 0.309. The maximum atomic E-state index is 12.6. The summed E-state index contributed by atoms with van der Waals surface area (Å²) in [7, 11) is 1.56. The molecule has 1 N–H and O–H groups in total. The van der Waals surface area contributed by atoms with Crippen LogP contribution >= 0.6 is 11.6 Å². The van der Waals surface area contributed by atoms with Crippen LogP contribution in [0, 0.1) is 6.92 Å². The fourth-order valence-corrected chi connectivity index (χ4v) is 2.86. The van der Waals surface area contributed by atoms with Crippen molar-refractivity contribution in [2.75, 3.05) is 12.4 Å². The van der Waals surface area contributed by atoms with Crippen LogP contribution in [0.5, 0.6) is 17.2 Å². The van der Waals surface area contributed by atoms with Gasteiger partial charge in [0.15, 0.2) is 17.6 Å². The van der Waals surface area contributed by atoms with Crippen molar-refractivity contribution >= 4 is 23.2 Å². The number of nitrogens with zero attached hydrogens (tertiary/aromatic N) is 1. The van der Waals surface area contributed by atoms with Crippen LogP contribution in [0.4, 0.5) is 5.69 Å². The molecule has 6 nitrogen and oxygen atoms in total. The SMILES string of the molecule is COc1ccc(NC(=O)C(C)Oc2cc(C)ccc2Cl)cc1OCc1cccnc1. The first-order chi connectivity index (χ1) is 14.5. The van der Waals surface area contributed by atoms with E-state index in [2.05, 4.69) is 10.3 Å². The molecule has 1 unspecified atom stereocenters. The molecule has 0 radical (unpaired) electrons. The molecule has 0 spiro atoms. The van der Waals surface area contributed by atoms with Gasteiger partial charge in [-0.15, -0.1) is 0 Å². The Labute approximate surface area is 180 Å². The molecule has 3 rings (SSSR count). The van der Waals surface area contributed by atoms with Gasteiger partial charge in [0.2, 0.25) is 0 Å². The molecule has 1 heterocycles. The highest BCUT2D eigenvalue weighted by Crippen LogP contribution is 2.31. The van der Waals surface area contributed by atoms with E-state index in [1.165, 1.54) is 0 Å².